The molecule has 2 amide bonds. The van der Waals surface area contributed by atoms with Gasteiger partial charge in [0.15, 0.2) is 0 Å². The molecule has 10 heteroatoms. The molecule has 246 valence electrons. The van der Waals surface area contributed by atoms with Crippen molar-refractivity contribution in [3.05, 3.63) is 130 Å². The predicted octanol–water partition coefficient (Wildman–Crippen LogP) is 7.59. The maximum Gasteiger partial charge on any atom is 0.264 e. The number of anilines is 1. The Hall–Kier alpha value is -3.85. The van der Waals surface area contributed by atoms with Gasteiger partial charge in [0.25, 0.3) is 10.0 Å². The second kappa shape index (κ2) is 15.8. The number of nitrogens with zero attached hydrogens (tertiary/aromatic N) is 2. The Bertz CT molecular complexity index is 1760. The van der Waals surface area contributed by atoms with Gasteiger partial charge in [-0.15, -0.1) is 0 Å². The van der Waals surface area contributed by atoms with E-state index in [1.165, 1.54) is 17.0 Å². The number of hydrogen-bond acceptors (Lipinski definition) is 4. The van der Waals surface area contributed by atoms with Crippen LogP contribution in [0.5, 0.6) is 0 Å². The molecule has 1 fully saturated rings. The van der Waals surface area contributed by atoms with Crippen LogP contribution >= 0.6 is 23.2 Å². The summed E-state index contributed by atoms with van der Waals surface area (Å²) < 4.78 is 29.5. The first-order chi connectivity index (χ1) is 22.6. The average Bonchev–Trinajstić information content (AvgIpc) is 3.08. The lowest BCUT2D eigenvalue weighted by Gasteiger charge is -2.35. The van der Waals surface area contributed by atoms with Crippen molar-refractivity contribution in [3.63, 3.8) is 0 Å². The number of amides is 2. The molecule has 0 bridgehead atoms. The van der Waals surface area contributed by atoms with Crippen molar-refractivity contribution in [2.45, 2.75) is 69.0 Å². The molecule has 0 radical (unpaired) electrons. The highest BCUT2D eigenvalue weighted by atomic mass is 35.5. The molecule has 7 nitrogen and oxygen atoms in total. The van der Waals surface area contributed by atoms with Crippen LogP contribution < -0.4 is 9.62 Å². The molecule has 1 N–H and O–H groups in total. The van der Waals surface area contributed by atoms with Gasteiger partial charge in [0.1, 0.15) is 12.6 Å². The average molecular weight is 693 g/mol. The van der Waals surface area contributed by atoms with Gasteiger partial charge in [-0.1, -0.05) is 109 Å². The van der Waals surface area contributed by atoms with E-state index < -0.39 is 28.5 Å². The maximum absolute atomic E-state index is 14.7. The van der Waals surface area contributed by atoms with Gasteiger partial charge in [-0.25, -0.2) is 8.42 Å². The minimum absolute atomic E-state index is 0.0195. The molecule has 47 heavy (non-hydrogen) atoms. The van der Waals surface area contributed by atoms with Crippen molar-refractivity contribution >= 4 is 50.7 Å². The van der Waals surface area contributed by atoms with Gasteiger partial charge in [-0.2, -0.15) is 0 Å². The van der Waals surface area contributed by atoms with Crippen LogP contribution in [0.15, 0.2) is 108 Å². The highest BCUT2D eigenvalue weighted by Gasteiger charge is 2.36. The van der Waals surface area contributed by atoms with Crippen molar-refractivity contribution in [2.75, 3.05) is 10.8 Å². The zero-order valence-corrected chi connectivity index (χ0v) is 28.6. The molecule has 1 aliphatic rings. The molecule has 0 saturated heterocycles. The fraction of sp³-hybridized carbons (Fsp3) is 0.297. The van der Waals surface area contributed by atoms with Crippen LogP contribution in [0.3, 0.4) is 0 Å². The second-order valence-electron chi connectivity index (χ2n) is 11.9. The summed E-state index contributed by atoms with van der Waals surface area (Å²) in [6, 6.07) is 28.7. The molecular formula is C37H39Cl2N3O4S. The van der Waals surface area contributed by atoms with Gasteiger partial charge >= 0.3 is 0 Å². The van der Waals surface area contributed by atoms with Crippen molar-refractivity contribution in [2.24, 2.45) is 0 Å². The fourth-order valence-corrected chi connectivity index (χ4v) is 7.77. The summed E-state index contributed by atoms with van der Waals surface area (Å²) in [4.78, 5) is 30.4. The minimum Gasteiger partial charge on any atom is -0.352 e. The highest BCUT2D eigenvalue weighted by Crippen LogP contribution is 2.31. The van der Waals surface area contributed by atoms with E-state index in [0.717, 1.165) is 47.5 Å². The summed E-state index contributed by atoms with van der Waals surface area (Å²) in [5, 5.41) is 4.14. The summed E-state index contributed by atoms with van der Waals surface area (Å²) in [6.07, 6.45) is 5.22. The number of rotatable bonds is 12. The third-order valence-corrected chi connectivity index (χ3v) is 11.0. The maximum atomic E-state index is 14.7. The topological polar surface area (TPSA) is 86.8 Å². The third kappa shape index (κ3) is 8.74. The standard InChI is InChI=1S/C37H39Cl2N3O4S/c1-27-33(39)18-11-19-34(27)42(47(45,46)32-16-9-4-10-17-32)26-36(43)41(25-29-20-22-30(38)23-21-29)35(24-28-12-5-2-6-13-28)37(44)40-31-14-7-3-8-15-31/h2,4-6,9-13,16-23,31,35H,3,7-8,14-15,24-26H2,1H3,(H,40,44)/t35-/m1/s1. The Morgan fingerprint density at radius 1 is 0.809 bits per heavy atom. The molecule has 0 heterocycles. The predicted molar refractivity (Wildman–Crippen MR) is 188 cm³/mol. The number of sulfonamides is 1. The second-order valence-corrected chi connectivity index (χ2v) is 14.6. The van der Waals surface area contributed by atoms with Gasteiger partial charge in [0.2, 0.25) is 11.8 Å². The summed E-state index contributed by atoms with van der Waals surface area (Å²) in [6.45, 7) is 1.24. The molecule has 1 saturated carbocycles. The van der Waals surface area contributed by atoms with Gasteiger partial charge < -0.3 is 10.2 Å². The number of carbonyl (C=O) groups is 2. The molecule has 0 aromatic heterocycles. The Kier molecular flexibility index (Phi) is 11.6. The quantitative estimate of drug-likeness (QED) is 0.166. The largest absolute Gasteiger partial charge is 0.352 e. The minimum atomic E-state index is -4.22. The van der Waals surface area contributed by atoms with Crippen LogP contribution in [-0.4, -0.2) is 43.8 Å². The summed E-state index contributed by atoms with van der Waals surface area (Å²) >= 11 is 12.7. The zero-order valence-electron chi connectivity index (χ0n) is 26.3. The Labute approximate surface area is 287 Å². The Morgan fingerprint density at radius 3 is 2.11 bits per heavy atom. The van der Waals surface area contributed by atoms with Crippen LogP contribution in [0.1, 0.15) is 48.8 Å². The monoisotopic (exact) mass is 691 g/mol. The van der Waals surface area contributed by atoms with Gasteiger partial charge in [-0.3, -0.25) is 13.9 Å². The summed E-state index contributed by atoms with van der Waals surface area (Å²) in [5.41, 5.74) is 2.43. The molecule has 0 aliphatic heterocycles. The lowest BCUT2D eigenvalue weighted by molar-refractivity contribution is -0.140. The molecule has 4 aromatic rings. The Morgan fingerprint density at radius 2 is 1.45 bits per heavy atom. The van der Waals surface area contributed by atoms with Crippen LogP contribution in [0.25, 0.3) is 0 Å². The summed E-state index contributed by atoms with van der Waals surface area (Å²) in [7, 11) is -4.22. The third-order valence-electron chi connectivity index (χ3n) is 8.61. The number of benzene rings is 4. The van der Waals surface area contributed by atoms with Crippen molar-refractivity contribution in [1.82, 2.24) is 10.2 Å². The van der Waals surface area contributed by atoms with Crippen molar-refractivity contribution in [1.29, 1.82) is 0 Å². The van der Waals surface area contributed by atoms with Gasteiger partial charge in [0.05, 0.1) is 10.6 Å². The molecule has 1 atom stereocenters. The van der Waals surface area contributed by atoms with Crippen LogP contribution in [-0.2, 0) is 32.6 Å². The van der Waals surface area contributed by atoms with Gasteiger partial charge in [-0.05, 0) is 72.9 Å². The van der Waals surface area contributed by atoms with E-state index in [1.807, 2.05) is 30.3 Å². The zero-order chi connectivity index (χ0) is 33.4. The lowest BCUT2D eigenvalue weighted by Crippen LogP contribution is -2.55. The molecule has 0 unspecified atom stereocenters. The number of halogens is 2. The van der Waals surface area contributed by atoms with Gasteiger partial charge in [0, 0.05) is 29.1 Å². The van der Waals surface area contributed by atoms with Crippen LogP contribution in [0.2, 0.25) is 10.0 Å². The van der Waals surface area contributed by atoms with E-state index in [1.54, 1.807) is 67.6 Å². The first kappa shape index (κ1) is 34.5. The molecule has 4 aromatic carbocycles. The molecular weight excluding hydrogens is 653 g/mol. The van der Waals surface area contributed by atoms with E-state index in [9.17, 15) is 18.0 Å². The smallest absolute Gasteiger partial charge is 0.264 e. The molecule has 5 rings (SSSR count). The van der Waals surface area contributed by atoms with E-state index >= 15 is 0 Å². The summed E-state index contributed by atoms with van der Waals surface area (Å²) in [5.74, 6) is -0.793. The SMILES string of the molecule is Cc1c(Cl)cccc1N(CC(=O)N(Cc1ccc(Cl)cc1)[C@H](Cc1ccccc1)C(=O)NC1CCCCC1)S(=O)(=O)c1ccccc1. The molecule has 0 spiro atoms. The van der Waals surface area contributed by atoms with E-state index in [0.29, 0.717) is 15.6 Å². The lowest BCUT2D eigenvalue weighted by atomic mass is 9.94. The number of carbonyl (C=O) groups excluding carboxylic acids is 2. The number of nitrogens with one attached hydrogen (secondary N) is 1. The van der Waals surface area contributed by atoms with Crippen molar-refractivity contribution < 1.29 is 18.0 Å². The first-order valence-corrected chi connectivity index (χ1v) is 18.0. The fourth-order valence-electron chi connectivity index (χ4n) is 5.98. The van der Waals surface area contributed by atoms with E-state index in [-0.39, 0.29) is 35.5 Å². The highest BCUT2D eigenvalue weighted by molar-refractivity contribution is 7.92. The first-order valence-electron chi connectivity index (χ1n) is 15.8. The van der Waals surface area contributed by atoms with Crippen LogP contribution in [0.4, 0.5) is 5.69 Å². The van der Waals surface area contributed by atoms with Crippen molar-refractivity contribution in [3.8, 4) is 0 Å². The normalized spacial score (nSPS) is 14.3. The number of hydrogen-bond donors (Lipinski definition) is 1. The van der Waals surface area contributed by atoms with Crippen LogP contribution in [0, 0.1) is 6.92 Å². The van der Waals surface area contributed by atoms with E-state index in [4.69, 9.17) is 23.2 Å². The molecule has 1 aliphatic carbocycles. The van der Waals surface area contributed by atoms with E-state index in [2.05, 4.69) is 5.32 Å². The Balaban J connectivity index is 1.58.